The van der Waals surface area contributed by atoms with Crippen molar-refractivity contribution in [1.82, 2.24) is 4.57 Å². The fourth-order valence-corrected chi connectivity index (χ4v) is 2.84. The SMILES string of the molecule is COc1ccc(NC(=O)CC(c2ccc(OC)cc2)n2cccc2)cc1. The van der Waals surface area contributed by atoms with Gasteiger partial charge in [0.25, 0.3) is 0 Å². The van der Waals surface area contributed by atoms with Crippen LogP contribution in [0.4, 0.5) is 5.69 Å². The first kappa shape index (κ1) is 17.6. The molecule has 5 nitrogen and oxygen atoms in total. The molecule has 0 saturated carbocycles. The van der Waals surface area contributed by atoms with Crippen molar-refractivity contribution in [2.45, 2.75) is 12.5 Å². The summed E-state index contributed by atoms with van der Waals surface area (Å²) in [5.41, 5.74) is 1.80. The number of hydrogen-bond acceptors (Lipinski definition) is 3. The van der Waals surface area contributed by atoms with Crippen LogP contribution in [0.5, 0.6) is 11.5 Å². The fourth-order valence-electron chi connectivity index (χ4n) is 2.84. The third kappa shape index (κ3) is 4.25. The molecular weight excluding hydrogens is 328 g/mol. The minimum atomic E-state index is -0.0887. The van der Waals surface area contributed by atoms with E-state index in [1.54, 1.807) is 14.2 Å². The number of methoxy groups -OCH3 is 2. The summed E-state index contributed by atoms with van der Waals surface area (Å²) in [5, 5.41) is 2.95. The number of benzene rings is 2. The minimum absolute atomic E-state index is 0.0512. The molecule has 0 bridgehead atoms. The van der Waals surface area contributed by atoms with Crippen LogP contribution < -0.4 is 14.8 Å². The van der Waals surface area contributed by atoms with Crippen molar-refractivity contribution in [1.29, 1.82) is 0 Å². The summed E-state index contributed by atoms with van der Waals surface area (Å²) in [6.45, 7) is 0. The lowest BCUT2D eigenvalue weighted by molar-refractivity contribution is -0.116. The molecule has 26 heavy (non-hydrogen) atoms. The molecule has 1 N–H and O–H groups in total. The molecule has 5 heteroatoms. The third-order valence-corrected chi connectivity index (χ3v) is 4.24. The predicted octanol–water partition coefficient (Wildman–Crippen LogP) is 4.12. The molecule has 2 aromatic carbocycles. The smallest absolute Gasteiger partial charge is 0.226 e. The summed E-state index contributed by atoms with van der Waals surface area (Å²) < 4.78 is 12.4. The number of carbonyl (C=O) groups is 1. The highest BCUT2D eigenvalue weighted by Gasteiger charge is 2.17. The lowest BCUT2D eigenvalue weighted by Crippen LogP contribution is -2.19. The zero-order valence-corrected chi connectivity index (χ0v) is 14.9. The summed E-state index contributed by atoms with van der Waals surface area (Å²) in [4.78, 5) is 12.6. The van der Waals surface area contributed by atoms with Gasteiger partial charge in [-0.15, -0.1) is 0 Å². The normalized spacial score (nSPS) is 11.6. The number of ether oxygens (including phenoxy) is 2. The summed E-state index contributed by atoms with van der Waals surface area (Å²) in [5.74, 6) is 1.50. The van der Waals surface area contributed by atoms with Crippen LogP contribution in [0, 0.1) is 0 Å². The number of nitrogens with one attached hydrogen (secondary N) is 1. The van der Waals surface area contributed by atoms with Gasteiger partial charge in [-0.3, -0.25) is 4.79 Å². The molecule has 0 aliphatic rings. The Morgan fingerprint density at radius 2 is 1.46 bits per heavy atom. The van der Waals surface area contributed by atoms with Crippen molar-refractivity contribution in [3.05, 3.63) is 78.6 Å². The quantitative estimate of drug-likeness (QED) is 0.697. The number of amides is 1. The second-order valence-electron chi connectivity index (χ2n) is 5.90. The van der Waals surface area contributed by atoms with E-state index >= 15 is 0 Å². The molecule has 1 heterocycles. The van der Waals surface area contributed by atoms with Crippen LogP contribution in [0.25, 0.3) is 0 Å². The van der Waals surface area contributed by atoms with E-state index in [9.17, 15) is 4.79 Å². The van der Waals surface area contributed by atoms with E-state index in [0.717, 1.165) is 22.7 Å². The Bertz CT molecular complexity index is 825. The molecule has 0 aliphatic carbocycles. The second kappa shape index (κ2) is 8.25. The maximum Gasteiger partial charge on any atom is 0.226 e. The van der Waals surface area contributed by atoms with Gasteiger partial charge in [0.1, 0.15) is 11.5 Å². The van der Waals surface area contributed by atoms with Gasteiger partial charge in [-0.05, 0) is 54.1 Å². The van der Waals surface area contributed by atoms with Crippen molar-refractivity contribution in [3.8, 4) is 11.5 Å². The van der Waals surface area contributed by atoms with Gasteiger partial charge in [0, 0.05) is 18.1 Å². The molecule has 1 unspecified atom stereocenters. The molecule has 0 fully saturated rings. The van der Waals surface area contributed by atoms with Crippen molar-refractivity contribution >= 4 is 11.6 Å². The van der Waals surface area contributed by atoms with Gasteiger partial charge in [0.05, 0.1) is 26.7 Å². The molecule has 1 aromatic heterocycles. The molecule has 3 aromatic rings. The monoisotopic (exact) mass is 350 g/mol. The predicted molar refractivity (Wildman–Crippen MR) is 102 cm³/mol. The largest absolute Gasteiger partial charge is 0.497 e. The van der Waals surface area contributed by atoms with E-state index in [4.69, 9.17) is 9.47 Å². The Kier molecular flexibility index (Phi) is 5.59. The first-order valence-corrected chi connectivity index (χ1v) is 8.40. The average Bonchev–Trinajstić information content (AvgIpc) is 3.21. The molecule has 0 radical (unpaired) electrons. The summed E-state index contributed by atoms with van der Waals surface area (Å²) in [6.07, 6.45) is 4.26. The lowest BCUT2D eigenvalue weighted by atomic mass is 10.0. The number of carbonyl (C=O) groups excluding carboxylic acids is 1. The molecular formula is C21H22N2O3. The van der Waals surface area contributed by atoms with Crippen LogP contribution in [-0.4, -0.2) is 24.7 Å². The number of anilines is 1. The molecule has 1 atom stereocenters. The van der Waals surface area contributed by atoms with Gasteiger partial charge in [-0.1, -0.05) is 12.1 Å². The molecule has 0 spiro atoms. The van der Waals surface area contributed by atoms with E-state index in [1.165, 1.54) is 0 Å². The second-order valence-corrected chi connectivity index (χ2v) is 5.90. The van der Waals surface area contributed by atoms with Gasteiger partial charge in [-0.2, -0.15) is 0 Å². The Labute approximate surface area is 153 Å². The Morgan fingerprint density at radius 1 is 0.923 bits per heavy atom. The Balaban J connectivity index is 1.75. The van der Waals surface area contributed by atoms with Gasteiger partial charge in [0.2, 0.25) is 5.91 Å². The first-order valence-electron chi connectivity index (χ1n) is 8.40. The first-order chi connectivity index (χ1) is 12.7. The van der Waals surface area contributed by atoms with Crippen LogP contribution in [0.15, 0.2) is 73.1 Å². The maximum absolute atomic E-state index is 12.6. The molecule has 0 saturated heterocycles. The molecule has 0 aliphatic heterocycles. The number of hydrogen-bond donors (Lipinski definition) is 1. The zero-order valence-electron chi connectivity index (χ0n) is 14.9. The topological polar surface area (TPSA) is 52.5 Å². The van der Waals surface area contributed by atoms with E-state index in [2.05, 4.69) is 5.32 Å². The van der Waals surface area contributed by atoms with Crippen LogP contribution in [0.2, 0.25) is 0 Å². The van der Waals surface area contributed by atoms with Gasteiger partial charge in [-0.25, -0.2) is 0 Å². The minimum Gasteiger partial charge on any atom is -0.497 e. The number of rotatable bonds is 7. The van der Waals surface area contributed by atoms with Gasteiger partial charge < -0.3 is 19.4 Å². The third-order valence-electron chi connectivity index (χ3n) is 4.24. The van der Waals surface area contributed by atoms with Crippen molar-refractivity contribution in [2.75, 3.05) is 19.5 Å². The van der Waals surface area contributed by atoms with Crippen LogP contribution >= 0.6 is 0 Å². The Morgan fingerprint density at radius 3 is 2.00 bits per heavy atom. The van der Waals surface area contributed by atoms with Crippen LogP contribution in [-0.2, 0) is 4.79 Å². The maximum atomic E-state index is 12.6. The van der Waals surface area contributed by atoms with Gasteiger partial charge >= 0.3 is 0 Å². The molecule has 3 rings (SSSR count). The highest BCUT2D eigenvalue weighted by Crippen LogP contribution is 2.25. The van der Waals surface area contributed by atoms with Gasteiger partial charge in [0.15, 0.2) is 0 Å². The van der Waals surface area contributed by atoms with E-state index < -0.39 is 0 Å². The van der Waals surface area contributed by atoms with E-state index in [0.29, 0.717) is 6.42 Å². The lowest BCUT2D eigenvalue weighted by Gasteiger charge is -2.20. The van der Waals surface area contributed by atoms with Crippen molar-refractivity contribution < 1.29 is 14.3 Å². The Hall–Kier alpha value is -3.21. The zero-order chi connectivity index (χ0) is 18.4. The summed E-state index contributed by atoms with van der Waals surface area (Å²) in [7, 11) is 3.25. The van der Waals surface area contributed by atoms with Crippen LogP contribution in [0.1, 0.15) is 18.0 Å². The van der Waals surface area contributed by atoms with Crippen LogP contribution in [0.3, 0.4) is 0 Å². The number of aromatic nitrogens is 1. The average molecular weight is 350 g/mol. The van der Waals surface area contributed by atoms with Crippen molar-refractivity contribution in [3.63, 3.8) is 0 Å². The number of nitrogens with zero attached hydrogens (tertiary/aromatic N) is 1. The standard InChI is InChI=1S/C21H22N2O3/c1-25-18-9-5-16(6-10-18)20(23-13-3-4-14-23)15-21(24)22-17-7-11-19(26-2)12-8-17/h3-14,20H,15H2,1-2H3,(H,22,24). The molecule has 134 valence electrons. The summed E-state index contributed by atoms with van der Waals surface area (Å²) >= 11 is 0. The van der Waals surface area contributed by atoms with E-state index in [-0.39, 0.29) is 11.9 Å². The fraction of sp³-hybridized carbons (Fsp3) is 0.190. The summed E-state index contributed by atoms with van der Waals surface area (Å²) in [6, 6.07) is 18.9. The highest BCUT2D eigenvalue weighted by molar-refractivity contribution is 5.91. The van der Waals surface area contributed by atoms with E-state index in [1.807, 2.05) is 77.6 Å². The molecule has 1 amide bonds. The van der Waals surface area contributed by atoms with Crippen molar-refractivity contribution in [2.24, 2.45) is 0 Å². The highest BCUT2D eigenvalue weighted by atomic mass is 16.5.